The van der Waals surface area contributed by atoms with E-state index in [1.165, 1.54) is 0 Å². The fourth-order valence-electron chi connectivity index (χ4n) is 1.43. The zero-order valence-electron chi connectivity index (χ0n) is 7.57. The van der Waals surface area contributed by atoms with Gasteiger partial charge in [-0.1, -0.05) is 0 Å². The van der Waals surface area contributed by atoms with Crippen LogP contribution in [0.15, 0.2) is 0 Å². The Balaban J connectivity index is 2.22. The van der Waals surface area contributed by atoms with Crippen molar-refractivity contribution in [2.24, 2.45) is 5.73 Å². The fraction of sp³-hybridized carbons (Fsp3) is 1.00. The summed E-state index contributed by atoms with van der Waals surface area (Å²) >= 11 is 0. The van der Waals surface area contributed by atoms with Gasteiger partial charge in [-0.3, -0.25) is 4.90 Å². The Kier molecular flexibility index (Phi) is 3.94. The molecule has 0 aliphatic carbocycles. The van der Waals surface area contributed by atoms with E-state index in [1.807, 2.05) is 6.92 Å². The topological polar surface area (TPSA) is 58.7 Å². The average Bonchev–Trinajstić information content (AvgIpc) is 2.04. The molecule has 0 spiro atoms. The van der Waals surface area contributed by atoms with E-state index in [4.69, 9.17) is 10.5 Å². The van der Waals surface area contributed by atoms with Gasteiger partial charge in [0, 0.05) is 26.2 Å². The van der Waals surface area contributed by atoms with Crippen LogP contribution < -0.4 is 5.73 Å². The first-order valence-electron chi connectivity index (χ1n) is 4.44. The summed E-state index contributed by atoms with van der Waals surface area (Å²) in [6.07, 6.45) is -0.112. The Labute approximate surface area is 73.3 Å². The number of nitrogens with two attached hydrogens (primary N) is 1. The number of rotatable bonds is 3. The molecule has 0 radical (unpaired) electrons. The van der Waals surface area contributed by atoms with E-state index in [1.54, 1.807) is 0 Å². The monoisotopic (exact) mass is 174 g/mol. The van der Waals surface area contributed by atoms with Crippen LogP contribution in [0.5, 0.6) is 0 Å². The predicted octanol–water partition coefficient (Wildman–Crippen LogP) is -0.973. The summed E-state index contributed by atoms with van der Waals surface area (Å²) in [5, 5.41) is 9.29. The van der Waals surface area contributed by atoms with E-state index in [-0.39, 0.29) is 6.10 Å². The molecule has 0 aromatic rings. The standard InChI is InChI=1S/C8H18N2O2/c1-7-5-10(2-3-12-7)6-8(11)4-9/h7-8,11H,2-6,9H2,1H3/t7?,8-/m0/s1. The molecule has 12 heavy (non-hydrogen) atoms. The molecule has 4 heteroatoms. The molecule has 3 N–H and O–H groups in total. The van der Waals surface area contributed by atoms with E-state index in [0.29, 0.717) is 13.1 Å². The molecule has 0 aromatic heterocycles. The zero-order chi connectivity index (χ0) is 8.97. The summed E-state index contributed by atoms with van der Waals surface area (Å²) in [6, 6.07) is 0. The minimum atomic E-state index is -0.393. The van der Waals surface area contributed by atoms with Crippen LogP contribution in [0.4, 0.5) is 0 Å². The lowest BCUT2D eigenvalue weighted by Gasteiger charge is -2.32. The lowest BCUT2D eigenvalue weighted by atomic mass is 10.2. The highest BCUT2D eigenvalue weighted by Gasteiger charge is 2.18. The molecular formula is C8H18N2O2. The van der Waals surface area contributed by atoms with E-state index >= 15 is 0 Å². The highest BCUT2D eigenvalue weighted by atomic mass is 16.5. The second-order valence-corrected chi connectivity index (χ2v) is 3.33. The predicted molar refractivity (Wildman–Crippen MR) is 46.9 cm³/mol. The highest BCUT2D eigenvalue weighted by Crippen LogP contribution is 2.04. The first-order chi connectivity index (χ1) is 5.72. The molecule has 0 saturated carbocycles. The quantitative estimate of drug-likeness (QED) is 0.578. The Bertz CT molecular complexity index is 132. The molecule has 2 atom stereocenters. The first kappa shape index (κ1) is 9.92. The summed E-state index contributed by atoms with van der Waals surface area (Å²) in [5.41, 5.74) is 5.32. The molecule has 1 rings (SSSR count). The normalized spacial score (nSPS) is 28.8. The van der Waals surface area contributed by atoms with Gasteiger partial charge in [0.2, 0.25) is 0 Å². The number of β-amino-alcohol motifs (C(OH)–C–C–N with tert-alkyl or cyclic N) is 1. The molecule has 1 unspecified atom stereocenters. The van der Waals surface area contributed by atoms with Crippen LogP contribution in [0.1, 0.15) is 6.92 Å². The number of aliphatic hydroxyl groups excluding tert-OH is 1. The van der Waals surface area contributed by atoms with Gasteiger partial charge in [-0.25, -0.2) is 0 Å². The SMILES string of the molecule is CC1CN(C[C@@H](O)CN)CCO1. The van der Waals surface area contributed by atoms with Crippen molar-refractivity contribution in [1.29, 1.82) is 0 Å². The molecule has 1 fully saturated rings. The maximum atomic E-state index is 9.29. The number of hydrogen-bond donors (Lipinski definition) is 2. The third-order valence-electron chi connectivity index (χ3n) is 2.07. The van der Waals surface area contributed by atoms with Crippen molar-refractivity contribution in [3.8, 4) is 0 Å². The average molecular weight is 174 g/mol. The fourth-order valence-corrected chi connectivity index (χ4v) is 1.43. The van der Waals surface area contributed by atoms with Crippen LogP contribution in [0, 0.1) is 0 Å². The lowest BCUT2D eigenvalue weighted by Crippen LogP contribution is -2.45. The molecule has 1 aliphatic rings. The molecule has 0 bridgehead atoms. The van der Waals surface area contributed by atoms with Crippen molar-refractivity contribution in [3.05, 3.63) is 0 Å². The largest absolute Gasteiger partial charge is 0.390 e. The molecule has 1 aliphatic heterocycles. The van der Waals surface area contributed by atoms with Crippen LogP contribution in [0.3, 0.4) is 0 Å². The van der Waals surface area contributed by atoms with Crippen molar-refractivity contribution < 1.29 is 9.84 Å². The van der Waals surface area contributed by atoms with Crippen LogP contribution in [-0.2, 0) is 4.74 Å². The summed E-state index contributed by atoms with van der Waals surface area (Å²) < 4.78 is 5.37. The van der Waals surface area contributed by atoms with E-state index in [0.717, 1.165) is 19.7 Å². The molecular weight excluding hydrogens is 156 g/mol. The number of hydrogen-bond acceptors (Lipinski definition) is 4. The van der Waals surface area contributed by atoms with Crippen molar-refractivity contribution in [2.45, 2.75) is 19.1 Å². The molecule has 1 heterocycles. The summed E-state index contributed by atoms with van der Waals surface area (Å²) in [7, 11) is 0. The van der Waals surface area contributed by atoms with E-state index in [2.05, 4.69) is 4.90 Å². The Morgan fingerprint density at radius 3 is 3.08 bits per heavy atom. The van der Waals surface area contributed by atoms with Gasteiger partial charge in [-0.2, -0.15) is 0 Å². The number of ether oxygens (including phenoxy) is 1. The van der Waals surface area contributed by atoms with E-state index in [9.17, 15) is 5.11 Å². The van der Waals surface area contributed by atoms with Gasteiger partial charge in [-0.15, -0.1) is 0 Å². The molecule has 4 nitrogen and oxygen atoms in total. The van der Waals surface area contributed by atoms with Crippen LogP contribution in [0.25, 0.3) is 0 Å². The van der Waals surface area contributed by atoms with Crippen LogP contribution >= 0.6 is 0 Å². The second kappa shape index (κ2) is 4.77. The van der Waals surface area contributed by atoms with Gasteiger partial charge in [0.15, 0.2) is 0 Å². The second-order valence-electron chi connectivity index (χ2n) is 3.33. The maximum Gasteiger partial charge on any atom is 0.0789 e. The third-order valence-corrected chi connectivity index (χ3v) is 2.07. The van der Waals surface area contributed by atoms with Gasteiger partial charge in [-0.05, 0) is 6.92 Å². The van der Waals surface area contributed by atoms with Crippen molar-refractivity contribution in [3.63, 3.8) is 0 Å². The number of nitrogens with zero attached hydrogens (tertiary/aromatic N) is 1. The smallest absolute Gasteiger partial charge is 0.0789 e. The third kappa shape index (κ3) is 3.06. The van der Waals surface area contributed by atoms with Gasteiger partial charge < -0.3 is 15.6 Å². The van der Waals surface area contributed by atoms with Crippen molar-refractivity contribution in [1.82, 2.24) is 4.90 Å². The van der Waals surface area contributed by atoms with Gasteiger partial charge in [0.05, 0.1) is 18.8 Å². The van der Waals surface area contributed by atoms with Gasteiger partial charge >= 0.3 is 0 Å². The highest BCUT2D eigenvalue weighted by molar-refractivity contribution is 4.71. The molecule has 72 valence electrons. The van der Waals surface area contributed by atoms with Gasteiger partial charge in [0.25, 0.3) is 0 Å². The van der Waals surface area contributed by atoms with Crippen LogP contribution in [-0.4, -0.2) is 55.0 Å². The molecule has 0 amide bonds. The van der Waals surface area contributed by atoms with Crippen LogP contribution in [0.2, 0.25) is 0 Å². The Morgan fingerprint density at radius 1 is 1.75 bits per heavy atom. The molecule has 1 saturated heterocycles. The number of morpholine rings is 1. The first-order valence-corrected chi connectivity index (χ1v) is 4.44. The summed E-state index contributed by atoms with van der Waals surface area (Å²) in [5.74, 6) is 0. The Morgan fingerprint density at radius 2 is 2.50 bits per heavy atom. The Hall–Kier alpha value is -0.160. The maximum absolute atomic E-state index is 9.29. The summed E-state index contributed by atoms with van der Waals surface area (Å²) in [6.45, 7) is 5.62. The van der Waals surface area contributed by atoms with E-state index < -0.39 is 6.10 Å². The van der Waals surface area contributed by atoms with Gasteiger partial charge in [0.1, 0.15) is 0 Å². The number of aliphatic hydroxyl groups is 1. The summed E-state index contributed by atoms with van der Waals surface area (Å²) in [4.78, 5) is 2.19. The minimum absolute atomic E-state index is 0.281. The van der Waals surface area contributed by atoms with Crippen molar-refractivity contribution >= 4 is 0 Å². The van der Waals surface area contributed by atoms with Crippen molar-refractivity contribution in [2.75, 3.05) is 32.8 Å². The minimum Gasteiger partial charge on any atom is -0.390 e. The molecule has 0 aromatic carbocycles. The zero-order valence-corrected chi connectivity index (χ0v) is 7.57. The lowest BCUT2D eigenvalue weighted by molar-refractivity contribution is -0.0305.